The molecule has 0 aliphatic carbocycles. The smallest absolute Gasteiger partial charge is 0.194 e. The van der Waals surface area contributed by atoms with Gasteiger partial charge in [-0.3, -0.25) is 9.89 Å². The minimum atomic E-state index is -0.222. The average molecular weight is 492 g/mol. The van der Waals surface area contributed by atoms with Gasteiger partial charge in [-0.25, -0.2) is 0 Å². The number of rotatable bonds is 5. The lowest BCUT2D eigenvalue weighted by molar-refractivity contribution is 0.143. The third-order valence-electron chi connectivity index (χ3n) is 5.34. The minimum absolute atomic E-state index is 0. The second-order valence-electron chi connectivity index (χ2n) is 7.33. The third-order valence-corrected chi connectivity index (χ3v) is 6.32. The first kappa shape index (κ1) is 21.9. The molecule has 3 heterocycles. The van der Waals surface area contributed by atoms with E-state index in [0.29, 0.717) is 12.6 Å². The van der Waals surface area contributed by atoms with Crippen LogP contribution in [-0.4, -0.2) is 66.2 Å². The molecule has 1 aromatic rings. The molecule has 2 atom stereocenters. The molecule has 5 nitrogen and oxygen atoms in total. The number of piperidine rings is 1. The summed E-state index contributed by atoms with van der Waals surface area (Å²) in [5.41, 5.74) is 0. The van der Waals surface area contributed by atoms with E-state index in [4.69, 9.17) is 4.99 Å². The molecule has 0 aromatic carbocycles. The summed E-state index contributed by atoms with van der Waals surface area (Å²) in [4.78, 5) is 11.2. The average Bonchev–Trinajstić information content (AvgIpc) is 3.27. The van der Waals surface area contributed by atoms with Crippen LogP contribution in [0.2, 0.25) is 0 Å². The van der Waals surface area contributed by atoms with Gasteiger partial charge in [-0.05, 0) is 56.6 Å². The number of aliphatic hydroxyl groups excluding tert-OH is 1. The maximum absolute atomic E-state index is 9.84. The highest BCUT2D eigenvalue weighted by molar-refractivity contribution is 14.0. The first-order chi connectivity index (χ1) is 12.2. The number of nitrogens with one attached hydrogen (secondary N) is 1. The van der Waals surface area contributed by atoms with Crippen molar-refractivity contribution in [1.82, 2.24) is 15.1 Å². The molecule has 7 heteroatoms. The van der Waals surface area contributed by atoms with Crippen LogP contribution in [0.15, 0.2) is 22.5 Å². The van der Waals surface area contributed by atoms with Crippen LogP contribution in [0.5, 0.6) is 0 Å². The number of thiophene rings is 1. The molecular formula is C19H33IN4OS. The van der Waals surface area contributed by atoms with Gasteiger partial charge in [-0.1, -0.05) is 13.0 Å². The third kappa shape index (κ3) is 5.81. The van der Waals surface area contributed by atoms with Gasteiger partial charge in [0.15, 0.2) is 5.96 Å². The summed E-state index contributed by atoms with van der Waals surface area (Å²) in [6.07, 6.45) is 3.18. The van der Waals surface area contributed by atoms with Crippen molar-refractivity contribution in [2.75, 3.05) is 39.3 Å². The molecule has 2 fully saturated rings. The van der Waals surface area contributed by atoms with Crippen molar-refractivity contribution in [2.24, 2.45) is 10.9 Å². The molecule has 2 N–H and O–H groups in total. The fourth-order valence-corrected chi connectivity index (χ4v) is 4.59. The maximum Gasteiger partial charge on any atom is 0.194 e. The Kier molecular flexibility index (Phi) is 9.12. The summed E-state index contributed by atoms with van der Waals surface area (Å²) in [5.74, 6) is 1.79. The van der Waals surface area contributed by atoms with Gasteiger partial charge in [0.2, 0.25) is 0 Å². The highest BCUT2D eigenvalue weighted by Gasteiger charge is 2.27. The summed E-state index contributed by atoms with van der Waals surface area (Å²) in [6.45, 7) is 10.0. The molecule has 2 aliphatic heterocycles. The van der Waals surface area contributed by atoms with Gasteiger partial charge >= 0.3 is 0 Å². The molecule has 0 saturated carbocycles. The second kappa shape index (κ2) is 10.8. The van der Waals surface area contributed by atoms with Crippen LogP contribution in [0, 0.1) is 5.92 Å². The van der Waals surface area contributed by atoms with E-state index in [1.54, 1.807) is 0 Å². The highest BCUT2D eigenvalue weighted by atomic mass is 127. The number of aliphatic imine (C=N–C) groups is 1. The van der Waals surface area contributed by atoms with Gasteiger partial charge in [-0.2, -0.15) is 0 Å². The molecule has 3 rings (SSSR count). The summed E-state index contributed by atoms with van der Waals surface area (Å²) in [7, 11) is 0. The Morgan fingerprint density at radius 1 is 1.35 bits per heavy atom. The minimum Gasteiger partial charge on any atom is -0.391 e. The molecule has 26 heavy (non-hydrogen) atoms. The fraction of sp³-hybridized carbons (Fsp3) is 0.737. The predicted molar refractivity (Wildman–Crippen MR) is 121 cm³/mol. The van der Waals surface area contributed by atoms with Gasteiger partial charge in [-0.15, -0.1) is 35.3 Å². The number of nitrogens with zero attached hydrogens (tertiary/aromatic N) is 3. The van der Waals surface area contributed by atoms with Crippen molar-refractivity contribution in [3.05, 3.63) is 22.4 Å². The first-order valence-corrected chi connectivity index (χ1v) is 10.5. The summed E-state index contributed by atoms with van der Waals surface area (Å²) in [5, 5.41) is 15.4. The lowest BCUT2D eigenvalue weighted by Crippen LogP contribution is -2.42. The van der Waals surface area contributed by atoms with Crippen LogP contribution >= 0.6 is 35.3 Å². The van der Waals surface area contributed by atoms with Crippen molar-refractivity contribution >= 4 is 41.3 Å². The van der Waals surface area contributed by atoms with Crippen molar-refractivity contribution < 1.29 is 5.11 Å². The first-order valence-electron chi connectivity index (χ1n) is 9.66. The topological polar surface area (TPSA) is 51.1 Å². The Bertz CT molecular complexity index is 546. The van der Waals surface area contributed by atoms with Gasteiger partial charge < -0.3 is 15.3 Å². The SMILES string of the molecule is CCNC(=NCC(c1cccs1)N1CCC(C)CC1)N1CC[C@@H](O)C1.I. The van der Waals surface area contributed by atoms with Crippen LogP contribution in [0.1, 0.15) is 44.0 Å². The normalized spacial score (nSPS) is 23.7. The monoisotopic (exact) mass is 492 g/mol. The van der Waals surface area contributed by atoms with E-state index in [1.807, 2.05) is 11.3 Å². The lowest BCUT2D eigenvalue weighted by Gasteiger charge is -2.36. The molecule has 1 unspecified atom stereocenters. The Morgan fingerprint density at radius 3 is 2.69 bits per heavy atom. The predicted octanol–water partition coefficient (Wildman–Crippen LogP) is 3.17. The van der Waals surface area contributed by atoms with E-state index in [-0.39, 0.29) is 30.1 Å². The van der Waals surface area contributed by atoms with Gasteiger partial charge in [0.05, 0.1) is 18.7 Å². The Labute approximate surface area is 178 Å². The zero-order valence-electron chi connectivity index (χ0n) is 15.9. The van der Waals surface area contributed by atoms with Crippen LogP contribution in [0.25, 0.3) is 0 Å². The van der Waals surface area contributed by atoms with Crippen LogP contribution < -0.4 is 5.32 Å². The van der Waals surface area contributed by atoms with Gasteiger partial charge in [0.1, 0.15) is 0 Å². The summed E-state index contributed by atoms with van der Waals surface area (Å²) in [6, 6.07) is 4.76. The zero-order valence-corrected chi connectivity index (χ0v) is 19.1. The molecular weight excluding hydrogens is 459 g/mol. The number of hydrogen-bond donors (Lipinski definition) is 2. The van der Waals surface area contributed by atoms with E-state index in [1.165, 1.54) is 17.7 Å². The van der Waals surface area contributed by atoms with Crippen LogP contribution in [0.4, 0.5) is 0 Å². The number of likely N-dealkylation sites (tertiary alicyclic amines) is 2. The zero-order chi connectivity index (χ0) is 17.6. The Balaban J connectivity index is 0.00000243. The van der Waals surface area contributed by atoms with E-state index >= 15 is 0 Å². The molecule has 2 saturated heterocycles. The van der Waals surface area contributed by atoms with E-state index in [9.17, 15) is 5.11 Å². The quantitative estimate of drug-likeness (QED) is 0.377. The Hall–Kier alpha value is -0.380. The van der Waals surface area contributed by atoms with Gasteiger partial charge in [0, 0.05) is 24.5 Å². The number of guanidine groups is 1. The molecule has 0 radical (unpaired) electrons. The molecule has 148 valence electrons. The van der Waals surface area contributed by atoms with Crippen LogP contribution in [0.3, 0.4) is 0 Å². The van der Waals surface area contributed by atoms with E-state index in [0.717, 1.165) is 51.0 Å². The molecule has 0 spiro atoms. The largest absolute Gasteiger partial charge is 0.391 e. The molecule has 0 amide bonds. The van der Waals surface area contributed by atoms with Gasteiger partial charge in [0.25, 0.3) is 0 Å². The van der Waals surface area contributed by atoms with Crippen molar-refractivity contribution in [3.63, 3.8) is 0 Å². The number of aliphatic hydroxyl groups is 1. The second-order valence-corrected chi connectivity index (χ2v) is 8.31. The molecule has 0 bridgehead atoms. The molecule has 2 aliphatic rings. The number of β-amino-alcohol motifs (C(OH)–C–C–N with tert-alkyl or cyclic N) is 1. The standard InChI is InChI=1S/C19H32N4OS.HI/c1-3-20-19(23-11-8-16(24)14-23)21-13-17(18-5-4-12-25-18)22-9-6-15(2)7-10-22;/h4-5,12,15-17,24H,3,6-11,13-14H2,1-2H3,(H,20,21);1H/t16-,17?;/m1./s1. The summed E-state index contributed by atoms with van der Waals surface area (Å²) >= 11 is 1.84. The fourth-order valence-electron chi connectivity index (χ4n) is 3.74. The maximum atomic E-state index is 9.84. The number of halogens is 1. The summed E-state index contributed by atoms with van der Waals surface area (Å²) < 4.78 is 0. The van der Waals surface area contributed by atoms with Crippen LogP contribution in [-0.2, 0) is 0 Å². The Morgan fingerprint density at radius 2 is 2.12 bits per heavy atom. The van der Waals surface area contributed by atoms with Crippen molar-refractivity contribution in [2.45, 2.75) is 45.3 Å². The van der Waals surface area contributed by atoms with Crippen molar-refractivity contribution in [1.29, 1.82) is 0 Å². The van der Waals surface area contributed by atoms with Crippen molar-refractivity contribution in [3.8, 4) is 0 Å². The number of hydrogen-bond acceptors (Lipinski definition) is 4. The lowest BCUT2D eigenvalue weighted by atomic mass is 9.97. The highest BCUT2D eigenvalue weighted by Crippen LogP contribution is 2.29. The molecule has 1 aromatic heterocycles. The van der Waals surface area contributed by atoms with E-state index < -0.39 is 0 Å². The van der Waals surface area contributed by atoms with E-state index in [2.05, 4.69) is 46.5 Å².